The molecule has 7 N–H and O–H groups in total. The number of carboxylic acid groups (broad SMARTS) is 1. The molecular formula is C29H21N8O11S3+. The van der Waals surface area contributed by atoms with Gasteiger partial charge in [-0.25, -0.2) is 9.36 Å². The normalized spacial score (nSPS) is 12.5. The van der Waals surface area contributed by atoms with Gasteiger partial charge >= 0.3 is 23.8 Å². The molecule has 19 nitrogen and oxygen atoms in total. The molecule has 0 unspecified atom stereocenters. The molecule has 51 heavy (non-hydrogen) atoms. The Kier molecular flexibility index (Phi) is 8.66. The summed E-state index contributed by atoms with van der Waals surface area (Å²) >= 11 is 0. The highest BCUT2D eigenvalue weighted by atomic mass is 32.2. The third kappa shape index (κ3) is 7.30. The fourth-order valence-corrected chi connectivity index (χ4v) is 6.91. The first kappa shape index (κ1) is 34.8. The minimum atomic E-state index is -4.94. The average Bonchev–Trinajstić information content (AvgIpc) is 3.05. The second-order valence-corrected chi connectivity index (χ2v) is 14.7. The lowest BCUT2D eigenvalue weighted by atomic mass is 10.1. The number of fused-ring (bicyclic) bond motifs is 2. The molecule has 0 aliphatic carbocycles. The van der Waals surface area contributed by atoms with E-state index in [1.165, 1.54) is 59.4 Å². The molecule has 0 bridgehead atoms. The van der Waals surface area contributed by atoms with Crippen molar-refractivity contribution in [2.24, 2.45) is 10.2 Å². The summed E-state index contributed by atoms with van der Waals surface area (Å²) in [5.41, 5.74) is 5.79. The van der Waals surface area contributed by atoms with Crippen molar-refractivity contribution in [3.05, 3.63) is 90.8 Å². The van der Waals surface area contributed by atoms with Gasteiger partial charge in [0.2, 0.25) is 0 Å². The van der Waals surface area contributed by atoms with Crippen molar-refractivity contribution in [2.45, 2.75) is 14.7 Å². The zero-order valence-electron chi connectivity index (χ0n) is 25.2. The van der Waals surface area contributed by atoms with E-state index in [2.05, 4.69) is 30.5 Å². The monoisotopic (exact) mass is 753 g/mol. The van der Waals surface area contributed by atoms with E-state index in [0.29, 0.717) is 0 Å². The summed E-state index contributed by atoms with van der Waals surface area (Å²) in [6.45, 7) is 0. The average molecular weight is 754 g/mol. The number of benzene rings is 4. The third-order valence-electron chi connectivity index (χ3n) is 7.16. The molecule has 4 aromatic carbocycles. The minimum absolute atomic E-state index is 0.0610. The van der Waals surface area contributed by atoms with Crippen molar-refractivity contribution in [1.29, 1.82) is 0 Å². The van der Waals surface area contributed by atoms with Gasteiger partial charge in [0, 0.05) is 21.5 Å². The number of hydrogen-bond acceptors (Lipinski definition) is 14. The summed E-state index contributed by atoms with van der Waals surface area (Å²) in [6.07, 6.45) is 2.71. The molecule has 0 fully saturated rings. The van der Waals surface area contributed by atoms with Crippen LogP contribution in [0.1, 0.15) is 10.4 Å². The van der Waals surface area contributed by atoms with Crippen molar-refractivity contribution >= 4 is 86.8 Å². The Labute approximate surface area is 287 Å². The van der Waals surface area contributed by atoms with Crippen LogP contribution in [0.25, 0.3) is 27.5 Å². The van der Waals surface area contributed by atoms with Crippen LogP contribution < -0.4 is 15.6 Å². The third-order valence-corrected chi connectivity index (χ3v) is 9.82. The quantitative estimate of drug-likeness (QED) is 0.0697. The van der Waals surface area contributed by atoms with Gasteiger partial charge in [0.05, 0.1) is 39.9 Å². The Bertz CT molecular complexity index is 2820. The summed E-state index contributed by atoms with van der Waals surface area (Å²) in [4.78, 5) is 21.9. The molecule has 0 atom stereocenters. The summed E-state index contributed by atoms with van der Waals surface area (Å²) in [5.74, 6) is -1.69. The topological polar surface area (TPSA) is 306 Å². The van der Waals surface area contributed by atoms with Gasteiger partial charge in [0.15, 0.2) is 0 Å². The van der Waals surface area contributed by atoms with Crippen molar-refractivity contribution < 1.29 is 53.4 Å². The predicted molar refractivity (Wildman–Crippen MR) is 178 cm³/mol. The predicted octanol–water partition coefficient (Wildman–Crippen LogP) is 3.63. The number of aromatic nitrogens is 4. The lowest BCUT2D eigenvalue weighted by molar-refractivity contribution is -0.603. The van der Waals surface area contributed by atoms with Crippen LogP contribution in [0.15, 0.2) is 110 Å². The van der Waals surface area contributed by atoms with Gasteiger partial charge in [-0.05, 0) is 64.6 Å². The number of rotatable bonds is 9. The number of anilines is 3. The van der Waals surface area contributed by atoms with Crippen molar-refractivity contribution in [3.8, 4) is 5.95 Å². The number of nitrogens with zero attached hydrogens (tertiary/aromatic N) is 6. The maximum absolute atomic E-state index is 12.2. The fourth-order valence-electron chi connectivity index (χ4n) is 4.98. The van der Waals surface area contributed by atoms with Gasteiger partial charge in [0.25, 0.3) is 30.4 Å². The molecule has 0 spiro atoms. The van der Waals surface area contributed by atoms with Crippen LogP contribution in [0.2, 0.25) is 0 Å². The van der Waals surface area contributed by atoms with E-state index < -0.39 is 51.0 Å². The van der Waals surface area contributed by atoms with E-state index in [1.807, 2.05) is 0 Å². The Morgan fingerprint density at radius 2 is 1.47 bits per heavy atom. The fraction of sp³-hybridized carbons (Fsp3) is 0. The molecular weight excluding hydrogens is 733 g/mol. The number of nitrogens with two attached hydrogens (primary N) is 1. The van der Waals surface area contributed by atoms with Gasteiger partial charge in [-0.15, -0.1) is 10.1 Å². The zero-order chi connectivity index (χ0) is 36.9. The molecule has 0 amide bonds. The van der Waals surface area contributed by atoms with Crippen LogP contribution in [0.5, 0.6) is 0 Å². The number of pyridine rings is 1. The number of nitrogen functional groups attached to an aromatic ring is 1. The Morgan fingerprint density at radius 1 is 0.725 bits per heavy atom. The Hall–Kier alpha value is -6.04. The Morgan fingerprint density at radius 3 is 2.16 bits per heavy atom. The molecule has 0 radical (unpaired) electrons. The molecule has 0 aliphatic heterocycles. The molecule has 2 aromatic heterocycles. The van der Waals surface area contributed by atoms with Crippen LogP contribution >= 0.6 is 0 Å². The summed E-state index contributed by atoms with van der Waals surface area (Å²) in [5, 5.41) is 20.2. The Balaban J connectivity index is 1.47. The van der Waals surface area contributed by atoms with Crippen LogP contribution in [0.3, 0.4) is 0 Å². The van der Waals surface area contributed by atoms with Gasteiger partial charge in [0.1, 0.15) is 9.79 Å². The highest BCUT2D eigenvalue weighted by Gasteiger charge is 2.23. The standard InChI is InChI=1S/C29H20N8O11S3/c30-27-32-28(34-29(33-27)37-10-2-3-15(14-37)26(38)39)31-22-8-9-23(18-7-6-17(13-20(18)22)49(40,41)42)36-35-16-11-21-19(25(12-16)51(46,47)48)4-1-5-24(21)50(43,44)45/h1-14H,(H6-,30,31,32,33,34,35,38,39,40,41,42,43,44,45,46,47,48)/p+1. The minimum Gasteiger partial charge on any atom is -0.478 e. The first-order valence-corrected chi connectivity index (χ1v) is 18.2. The molecule has 6 aromatic rings. The highest BCUT2D eigenvalue weighted by Crippen LogP contribution is 2.37. The number of aromatic carboxylic acids is 1. The summed E-state index contributed by atoms with van der Waals surface area (Å²) < 4.78 is 103. The largest absolute Gasteiger partial charge is 0.478 e. The van der Waals surface area contributed by atoms with Crippen molar-refractivity contribution in [1.82, 2.24) is 15.0 Å². The summed E-state index contributed by atoms with van der Waals surface area (Å²) in [7, 11) is -14.5. The van der Waals surface area contributed by atoms with E-state index >= 15 is 0 Å². The van der Waals surface area contributed by atoms with Crippen LogP contribution in [0, 0.1) is 0 Å². The van der Waals surface area contributed by atoms with Gasteiger partial charge in [-0.3, -0.25) is 13.7 Å². The van der Waals surface area contributed by atoms with Crippen LogP contribution in [-0.4, -0.2) is 64.9 Å². The van der Waals surface area contributed by atoms with Crippen LogP contribution in [-0.2, 0) is 30.4 Å². The van der Waals surface area contributed by atoms with Crippen molar-refractivity contribution in [2.75, 3.05) is 11.1 Å². The van der Waals surface area contributed by atoms with E-state index in [0.717, 1.165) is 30.3 Å². The number of hydrogen-bond donors (Lipinski definition) is 6. The molecule has 22 heteroatoms. The van der Waals surface area contributed by atoms with Crippen LogP contribution in [0.4, 0.5) is 29.0 Å². The lowest BCUT2D eigenvalue weighted by Crippen LogP contribution is -2.34. The lowest BCUT2D eigenvalue weighted by Gasteiger charge is -2.11. The molecule has 2 heterocycles. The van der Waals surface area contributed by atoms with Gasteiger partial charge in [-0.1, -0.05) is 18.2 Å². The molecule has 6 rings (SSSR count). The summed E-state index contributed by atoms with van der Waals surface area (Å²) in [6, 6.07) is 14.5. The molecule has 0 aliphatic rings. The number of carbonyl (C=O) groups is 1. The number of azo groups is 1. The number of carboxylic acids is 1. The maximum Gasteiger partial charge on any atom is 0.444 e. The number of nitrogens with one attached hydrogen (secondary N) is 1. The maximum atomic E-state index is 12.2. The van der Waals surface area contributed by atoms with Crippen molar-refractivity contribution in [3.63, 3.8) is 0 Å². The molecule has 0 saturated carbocycles. The van der Waals surface area contributed by atoms with Gasteiger partial charge < -0.3 is 16.2 Å². The molecule has 0 saturated heterocycles. The van der Waals surface area contributed by atoms with E-state index in [9.17, 15) is 48.8 Å². The van der Waals surface area contributed by atoms with Gasteiger partial charge in [-0.2, -0.15) is 30.4 Å². The smallest absolute Gasteiger partial charge is 0.444 e. The van der Waals surface area contributed by atoms with E-state index in [-0.39, 0.29) is 62.0 Å². The van der Waals surface area contributed by atoms with E-state index in [4.69, 9.17) is 5.73 Å². The van der Waals surface area contributed by atoms with E-state index in [1.54, 1.807) is 0 Å². The SMILES string of the molecule is Nc1nc(Nc2ccc(N=Nc3cc(S(=O)(=O)O)c4cccc(S(=O)(=O)O)c4c3)c3ccc(S(=O)(=O)O)cc23)nc(-[n+]2cccc(C(=O)O)c2)n1. The zero-order valence-corrected chi connectivity index (χ0v) is 27.7. The first-order valence-electron chi connectivity index (χ1n) is 13.9. The second kappa shape index (κ2) is 12.7. The second-order valence-electron chi connectivity index (χ2n) is 10.5. The first-order chi connectivity index (χ1) is 23.9. The highest BCUT2D eigenvalue weighted by molar-refractivity contribution is 7.86. The molecule has 260 valence electrons.